The van der Waals surface area contributed by atoms with E-state index in [1.807, 2.05) is 0 Å². The van der Waals surface area contributed by atoms with Crippen molar-refractivity contribution in [3.05, 3.63) is 29.2 Å². The van der Waals surface area contributed by atoms with Gasteiger partial charge in [-0.15, -0.1) is 0 Å². The van der Waals surface area contributed by atoms with E-state index < -0.39 is 5.91 Å². The molecule has 2 aromatic rings. The topological polar surface area (TPSA) is 105 Å². The summed E-state index contributed by atoms with van der Waals surface area (Å²) in [6.45, 7) is 1.80. The molecule has 18 heavy (non-hydrogen) atoms. The SMILES string of the molecule is Cc1nn(C)c(-n2cc(C(N)=O)cn2)c1C(N)=S. The predicted octanol–water partition coefficient (Wildman–Crippen LogP) is -0.353. The lowest BCUT2D eigenvalue weighted by Crippen LogP contribution is -2.15. The lowest BCUT2D eigenvalue weighted by atomic mass is 10.2. The molecule has 0 spiro atoms. The molecule has 0 saturated heterocycles. The molecule has 0 unspecified atom stereocenters. The largest absolute Gasteiger partial charge is 0.389 e. The number of nitrogens with two attached hydrogens (primary N) is 2. The smallest absolute Gasteiger partial charge is 0.251 e. The zero-order chi connectivity index (χ0) is 13.4. The van der Waals surface area contributed by atoms with Gasteiger partial charge in [-0.3, -0.25) is 9.48 Å². The summed E-state index contributed by atoms with van der Waals surface area (Å²) in [7, 11) is 1.75. The summed E-state index contributed by atoms with van der Waals surface area (Å²) in [5.41, 5.74) is 12.5. The number of hydrogen-bond donors (Lipinski definition) is 2. The predicted molar refractivity (Wildman–Crippen MR) is 69.5 cm³/mol. The van der Waals surface area contributed by atoms with Gasteiger partial charge in [0, 0.05) is 13.2 Å². The number of carbonyl (C=O) groups is 1. The summed E-state index contributed by atoms with van der Waals surface area (Å²) in [6, 6.07) is 0. The van der Waals surface area contributed by atoms with E-state index in [-0.39, 0.29) is 4.99 Å². The molecular formula is C10H12N6OS. The van der Waals surface area contributed by atoms with Crippen LogP contribution in [0.2, 0.25) is 0 Å². The lowest BCUT2D eigenvalue weighted by Gasteiger charge is -2.04. The van der Waals surface area contributed by atoms with Crippen LogP contribution in [0, 0.1) is 6.92 Å². The van der Waals surface area contributed by atoms with Gasteiger partial charge in [0.25, 0.3) is 5.91 Å². The van der Waals surface area contributed by atoms with Crippen LogP contribution >= 0.6 is 12.2 Å². The summed E-state index contributed by atoms with van der Waals surface area (Å²) in [5, 5.41) is 8.30. The molecule has 0 aromatic carbocycles. The standard InChI is InChI=1S/C10H12N6OS/c1-5-7(9(12)18)10(15(2)14-5)16-4-6(3-13-16)8(11)17/h3-4H,1-2H3,(H2,11,17)(H2,12,18). The second-order valence-electron chi connectivity index (χ2n) is 3.81. The molecule has 0 aliphatic heterocycles. The maximum Gasteiger partial charge on any atom is 0.251 e. The van der Waals surface area contributed by atoms with Crippen molar-refractivity contribution in [3.63, 3.8) is 0 Å². The number of thiocarbonyl (C=S) groups is 1. The molecule has 2 heterocycles. The monoisotopic (exact) mass is 264 g/mol. The fourth-order valence-electron chi connectivity index (χ4n) is 1.76. The minimum absolute atomic E-state index is 0.228. The summed E-state index contributed by atoms with van der Waals surface area (Å²) in [4.78, 5) is 11.3. The van der Waals surface area contributed by atoms with Crippen LogP contribution < -0.4 is 11.5 Å². The average molecular weight is 264 g/mol. The Hall–Kier alpha value is -2.22. The van der Waals surface area contributed by atoms with Gasteiger partial charge in [-0.05, 0) is 6.92 Å². The van der Waals surface area contributed by atoms with Gasteiger partial charge in [-0.2, -0.15) is 10.2 Å². The highest BCUT2D eigenvalue weighted by Crippen LogP contribution is 2.17. The lowest BCUT2D eigenvalue weighted by molar-refractivity contribution is 0.100. The van der Waals surface area contributed by atoms with Crippen LogP contribution in [0.5, 0.6) is 0 Å². The third-order valence-corrected chi connectivity index (χ3v) is 2.73. The van der Waals surface area contributed by atoms with Crippen LogP contribution in [0.25, 0.3) is 5.82 Å². The van der Waals surface area contributed by atoms with E-state index in [1.54, 1.807) is 18.7 Å². The van der Waals surface area contributed by atoms with Gasteiger partial charge in [0.2, 0.25) is 0 Å². The fraction of sp³-hybridized carbons (Fsp3) is 0.200. The van der Waals surface area contributed by atoms with E-state index in [0.717, 1.165) is 0 Å². The van der Waals surface area contributed by atoms with Crippen molar-refractivity contribution in [2.24, 2.45) is 18.5 Å². The fourth-order valence-corrected chi connectivity index (χ4v) is 2.00. The summed E-state index contributed by atoms with van der Waals surface area (Å²) in [5.74, 6) is 0.0597. The highest BCUT2D eigenvalue weighted by atomic mass is 32.1. The molecular weight excluding hydrogens is 252 g/mol. The van der Waals surface area contributed by atoms with E-state index >= 15 is 0 Å². The number of rotatable bonds is 3. The van der Waals surface area contributed by atoms with Crippen LogP contribution in [0.15, 0.2) is 12.4 Å². The summed E-state index contributed by atoms with van der Waals surface area (Å²) < 4.78 is 3.08. The number of hydrogen-bond acceptors (Lipinski definition) is 4. The highest BCUT2D eigenvalue weighted by Gasteiger charge is 2.18. The quantitative estimate of drug-likeness (QED) is 0.737. The zero-order valence-electron chi connectivity index (χ0n) is 9.91. The molecule has 0 radical (unpaired) electrons. The maximum atomic E-state index is 11.1. The molecule has 0 atom stereocenters. The molecule has 0 fully saturated rings. The zero-order valence-corrected chi connectivity index (χ0v) is 10.7. The van der Waals surface area contributed by atoms with Gasteiger partial charge in [-0.25, -0.2) is 4.68 Å². The van der Waals surface area contributed by atoms with Crippen molar-refractivity contribution < 1.29 is 4.79 Å². The first-order valence-corrected chi connectivity index (χ1v) is 5.51. The van der Waals surface area contributed by atoms with Gasteiger partial charge in [0.1, 0.15) is 4.99 Å². The number of amides is 1. The second kappa shape index (κ2) is 4.22. The maximum absolute atomic E-state index is 11.1. The Labute approximate surface area is 108 Å². The van der Waals surface area contributed by atoms with E-state index in [4.69, 9.17) is 23.7 Å². The molecule has 2 aromatic heterocycles. The Kier molecular flexibility index (Phi) is 2.87. The first kappa shape index (κ1) is 12.2. The Morgan fingerprint density at radius 2 is 2.11 bits per heavy atom. The first-order valence-electron chi connectivity index (χ1n) is 5.10. The first-order chi connectivity index (χ1) is 8.41. The van der Waals surface area contributed by atoms with Crippen LogP contribution in [-0.4, -0.2) is 30.5 Å². The van der Waals surface area contributed by atoms with Crippen LogP contribution in [0.3, 0.4) is 0 Å². The van der Waals surface area contributed by atoms with Crippen molar-refractivity contribution in [2.75, 3.05) is 0 Å². The highest BCUT2D eigenvalue weighted by molar-refractivity contribution is 7.80. The molecule has 94 valence electrons. The number of nitrogens with zero attached hydrogens (tertiary/aromatic N) is 4. The third-order valence-electron chi connectivity index (χ3n) is 2.52. The second-order valence-corrected chi connectivity index (χ2v) is 4.25. The molecule has 1 amide bonds. The molecule has 2 rings (SSSR count). The Morgan fingerprint density at radius 3 is 2.61 bits per heavy atom. The summed E-state index contributed by atoms with van der Waals surface area (Å²) in [6.07, 6.45) is 2.90. The number of primary amides is 1. The minimum atomic E-state index is -0.544. The van der Waals surface area contributed by atoms with Crippen LogP contribution in [-0.2, 0) is 7.05 Å². The third kappa shape index (κ3) is 1.86. The number of carbonyl (C=O) groups excluding carboxylic acids is 1. The van der Waals surface area contributed by atoms with Crippen LogP contribution in [0.4, 0.5) is 0 Å². The number of aromatic nitrogens is 4. The molecule has 0 bridgehead atoms. The summed E-state index contributed by atoms with van der Waals surface area (Å²) >= 11 is 5.00. The van der Waals surface area contributed by atoms with Gasteiger partial charge in [-0.1, -0.05) is 12.2 Å². The molecule has 7 nitrogen and oxygen atoms in total. The van der Waals surface area contributed by atoms with Crippen molar-refractivity contribution >= 4 is 23.1 Å². The Bertz CT molecular complexity index is 641. The molecule has 0 aliphatic rings. The van der Waals surface area contributed by atoms with Gasteiger partial charge in [0.15, 0.2) is 5.82 Å². The molecule has 4 N–H and O–H groups in total. The Morgan fingerprint density at radius 1 is 1.44 bits per heavy atom. The van der Waals surface area contributed by atoms with Gasteiger partial charge >= 0.3 is 0 Å². The van der Waals surface area contributed by atoms with Gasteiger partial charge in [0.05, 0.1) is 23.0 Å². The van der Waals surface area contributed by atoms with E-state index in [9.17, 15) is 4.79 Å². The van der Waals surface area contributed by atoms with E-state index in [2.05, 4.69) is 10.2 Å². The van der Waals surface area contributed by atoms with Crippen molar-refractivity contribution in [2.45, 2.75) is 6.92 Å². The normalized spacial score (nSPS) is 10.6. The molecule has 8 heteroatoms. The van der Waals surface area contributed by atoms with Crippen molar-refractivity contribution in [1.82, 2.24) is 19.6 Å². The van der Waals surface area contributed by atoms with Crippen molar-refractivity contribution in [3.8, 4) is 5.82 Å². The Balaban J connectivity index is 2.62. The minimum Gasteiger partial charge on any atom is -0.389 e. The molecule has 0 saturated carbocycles. The van der Waals surface area contributed by atoms with E-state index in [0.29, 0.717) is 22.6 Å². The number of aryl methyl sites for hydroxylation is 2. The van der Waals surface area contributed by atoms with E-state index in [1.165, 1.54) is 17.1 Å². The molecule has 0 aliphatic carbocycles. The van der Waals surface area contributed by atoms with Crippen LogP contribution in [0.1, 0.15) is 21.6 Å². The van der Waals surface area contributed by atoms with Crippen molar-refractivity contribution in [1.29, 1.82) is 0 Å². The van der Waals surface area contributed by atoms with Gasteiger partial charge < -0.3 is 11.5 Å². The average Bonchev–Trinajstić information content (AvgIpc) is 2.81.